The minimum atomic E-state index is -0.540. The van der Waals surface area contributed by atoms with Crippen LogP contribution in [0.2, 0.25) is 0 Å². The third-order valence-electron chi connectivity index (χ3n) is 4.63. The lowest BCUT2D eigenvalue weighted by atomic mass is 10.2. The van der Waals surface area contributed by atoms with E-state index in [0.717, 1.165) is 12.5 Å². The van der Waals surface area contributed by atoms with E-state index >= 15 is 0 Å². The molecule has 0 aliphatic rings. The number of nitrogens with one attached hydrogen (secondary N) is 5. The maximum Gasteiger partial charge on any atom is 0.326 e. The molecular formula is C23H31N9O4. The molecule has 0 aliphatic carbocycles. The summed E-state index contributed by atoms with van der Waals surface area (Å²) in [6.07, 6.45) is 6.83. The molecule has 0 unspecified atom stereocenters. The van der Waals surface area contributed by atoms with E-state index in [0.29, 0.717) is 31.7 Å². The fraction of sp³-hybridized carbons (Fsp3) is 0.348. The van der Waals surface area contributed by atoms with E-state index in [-0.39, 0.29) is 35.7 Å². The summed E-state index contributed by atoms with van der Waals surface area (Å²) in [5.74, 6) is -0.743. The number of aromatic nitrogens is 3. The van der Waals surface area contributed by atoms with Crippen LogP contribution in [0.1, 0.15) is 30.1 Å². The Kier molecular flexibility index (Phi) is 11.3. The van der Waals surface area contributed by atoms with Gasteiger partial charge in [0.25, 0.3) is 5.91 Å². The molecule has 2 aromatic rings. The van der Waals surface area contributed by atoms with Crippen LogP contribution in [-0.2, 0) is 9.59 Å². The molecule has 192 valence electrons. The summed E-state index contributed by atoms with van der Waals surface area (Å²) < 4.78 is 0. The van der Waals surface area contributed by atoms with Gasteiger partial charge in [-0.2, -0.15) is 4.98 Å². The van der Waals surface area contributed by atoms with Gasteiger partial charge in [-0.1, -0.05) is 13.5 Å². The van der Waals surface area contributed by atoms with Gasteiger partial charge in [0, 0.05) is 51.0 Å². The number of hydrogen-bond donors (Lipinski definition) is 5. The first-order chi connectivity index (χ1) is 17.3. The van der Waals surface area contributed by atoms with Crippen molar-refractivity contribution in [1.29, 1.82) is 0 Å². The maximum absolute atomic E-state index is 12.7. The summed E-state index contributed by atoms with van der Waals surface area (Å²) in [5, 5.41) is 13.7. The zero-order valence-corrected chi connectivity index (χ0v) is 20.3. The van der Waals surface area contributed by atoms with Gasteiger partial charge in [0.1, 0.15) is 11.4 Å². The molecule has 0 aliphatic heterocycles. The lowest BCUT2D eigenvalue weighted by Gasteiger charge is -2.15. The summed E-state index contributed by atoms with van der Waals surface area (Å²) in [6.45, 7) is 6.44. The molecule has 2 heterocycles. The number of pyridine rings is 1. The average Bonchev–Trinajstić information content (AvgIpc) is 2.87. The zero-order chi connectivity index (χ0) is 26.3. The van der Waals surface area contributed by atoms with Gasteiger partial charge in [0.15, 0.2) is 0 Å². The Labute approximate surface area is 209 Å². The van der Waals surface area contributed by atoms with Crippen molar-refractivity contribution >= 4 is 41.2 Å². The van der Waals surface area contributed by atoms with E-state index in [1.54, 1.807) is 24.5 Å². The fourth-order valence-electron chi connectivity index (χ4n) is 2.80. The minimum absolute atomic E-state index is 0.0272. The predicted molar refractivity (Wildman–Crippen MR) is 135 cm³/mol. The summed E-state index contributed by atoms with van der Waals surface area (Å²) in [6, 6.07) is 2.73. The number of carbonyl (C=O) groups is 4. The lowest BCUT2D eigenvalue weighted by Crippen LogP contribution is -2.38. The van der Waals surface area contributed by atoms with Crippen LogP contribution in [0.4, 0.5) is 22.2 Å². The van der Waals surface area contributed by atoms with Crippen LogP contribution < -0.4 is 26.6 Å². The van der Waals surface area contributed by atoms with Crippen molar-refractivity contribution in [1.82, 2.24) is 30.5 Å². The molecule has 0 saturated carbocycles. The zero-order valence-electron chi connectivity index (χ0n) is 20.3. The Hall–Kier alpha value is -4.55. The second-order valence-electron chi connectivity index (χ2n) is 7.56. The van der Waals surface area contributed by atoms with Crippen molar-refractivity contribution in [3.05, 3.63) is 48.9 Å². The van der Waals surface area contributed by atoms with Gasteiger partial charge >= 0.3 is 6.03 Å². The highest BCUT2D eigenvalue weighted by molar-refractivity contribution is 6.00. The van der Waals surface area contributed by atoms with E-state index in [1.165, 1.54) is 18.1 Å². The Morgan fingerprint density at radius 3 is 2.47 bits per heavy atom. The molecule has 0 bridgehead atoms. The number of nitrogens with zero attached hydrogens (tertiary/aromatic N) is 4. The van der Waals surface area contributed by atoms with Crippen LogP contribution in [0.3, 0.4) is 0 Å². The van der Waals surface area contributed by atoms with Crippen molar-refractivity contribution in [3.63, 3.8) is 0 Å². The molecule has 2 rings (SSSR count). The molecule has 0 atom stereocenters. The Morgan fingerprint density at radius 1 is 1.06 bits per heavy atom. The second kappa shape index (κ2) is 14.7. The first-order valence-electron chi connectivity index (χ1n) is 11.3. The molecule has 0 radical (unpaired) electrons. The van der Waals surface area contributed by atoms with Crippen LogP contribution in [0, 0.1) is 0 Å². The van der Waals surface area contributed by atoms with E-state index in [4.69, 9.17) is 0 Å². The summed E-state index contributed by atoms with van der Waals surface area (Å²) in [7, 11) is 1.50. The standard InChI is InChI=1S/C23H31N9O4/c1-4-9-26-20-17(14-28-22(30-20)31-23(36)29-16-7-12-24-13-8-16)21(35)27-11-6-10-25-18(33)15-32(3)19(34)5-2/h5,7-8,12-14H,2,4,6,9-11,15H2,1,3H3,(H,25,33)(H,27,35)(H3,24,26,28,29,30,31,36). The fourth-order valence-corrected chi connectivity index (χ4v) is 2.80. The maximum atomic E-state index is 12.7. The van der Waals surface area contributed by atoms with Gasteiger partial charge in [-0.15, -0.1) is 0 Å². The number of anilines is 3. The number of amides is 5. The van der Waals surface area contributed by atoms with Crippen molar-refractivity contribution in [2.24, 2.45) is 0 Å². The van der Waals surface area contributed by atoms with Crippen molar-refractivity contribution in [3.8, 4) is 0 Å². The predicted octanol–water partition coefficient (Wildman–Crippen LogP) is 1.22. The number of urea groups is 1. The summed E-state index contributed by atoms with van der Waals surface area (Å²) in [5.41, 5.74) is 0.772. The molecule has 0 aromatic carbocycles. The van der Waals surface area contributed by atoms with Crippen molar-refractivity contribution in [2.45, 2.75) is 19.8 Å². The highest BCUT2D eigenvalue weighted by Crippen LogP contribution is 2.15. The molecule has 5 amide bonds. The molecule has 0 fully saturated rings. The third kappa shape index (κ3) is 9.37. The highest BCUT2D eigenvalue weighted by atomic mass is 16.2. The van der Waals surface area contributed by atoms with Gasteiger partial charge in [-0.25, -0.2) is 9.78 Å². The van der Waals surface area contributed by atoms with Crippen LogP contribution in [-0.4, -0.2) is 76.8 Å². The van der Waals surface area contributed by atoms with Crippen molar-refractivity contribution in [2.75, 3.05) is 49.2 Å². The normalized spacial score (nSPS) is 10.1. The molecule has 13 heteroatoms. The average molecular weight is 498 g/mol. The molecule has 36 heavy (non-hydrogen) atoms. The lowest BCUT2D eigenvalue weighted by molar-refractivity contribution is -0.131. The van der Waals surface area contributed by atoms with Gasteiger partial charge in [-0.3, -0.25) is 24.7 Å². The van der Waals surface area contributed by atoms with Crippen LogP contribution in [0.5, 0.6) is 0 Å². The third-order valence-corrected chi connectivity index (χ3v) is 4.63. The number of carbonyl (C=O) groups excluding carboxylic acids is 4. The van der Waals surface area contributed by atoms with Crippen LogP contribution >= 0.6 is 0 Å². The molecule has 0 spiro atoms. The molecule has 2 aromatic heterocycles. The summed E-state index contributed by atoms with van der Waals surface area (Å²) in [4.78, 5) is 61.6. The Balaban J connectivity index is 1.87. The van der Waals surface area contributed by atoms with E-state index in [9.17, 15) is 19.2 Å². The molecule has 13 nitrogen and oxygen atoms in total. The topological polar surface area (TPSA) is 170 Å². The SMILES string of the molecule is C=CC(=O)N(C)CC(=O)NCCCNC(=O)c1cnc(NC(=O)Nc2ccncc2)nc1NCCC. The quantitative estimate of drug-likeness (QED) is 0.203. The molecule has 0 saturated heterocycles. The van der Waals surface area contributed by atoms with Crippen LogP contribution in [0.15, 0.2) is 43.4 Å². The van der Waals surface area contributed by atoms with E-state index in [2.05, 4.69) is 48.1 Å². The Bertz CT molecular complexity index is 1060. The van der Waals surface area contributed by atoms with Gasteiger partial charge in [-0.05, 0) is 31.1 Å². The van der Waals surface area contributed by atoms with Crippen molar-refractivity contribution < 1.29 is 19.2 Å². The van der Waals surface area contributed by atoms with Crippen LogP contribution in [0.25, 0.3) is 0 Å². The van der Waals surface area contributed by atoms with Gasteiger partial charge < -0.3 is 26.2 Å². The molecule has 5 N–H and O–H groups in total. The first kappa shape index (κ1) is 27.7. The first-order valence-corrected chi connectivity index (χ1v) is 11.3. The minimum Gasteiger partial charge on any atom is -0.369 e. The monoisotopic (exact) mass is 497 g/mol. The van der Waals surface area contributed by atoms with E-state index < -0.39 is 11.9 Å². The number of hydrogen-bond acceptors (Lipinski definition) is 8. The summed E-state index contributed by atoms with van der Waals surface area (Å²) >= 11 is 0. The number of rotatable bonds is 13. The highest BCUT2D eigenvalue weighted by Gasteiger charge is 2.16. The number of likely N-dealkylation sites (N-methyl/N-ethyl adjacent to an activating group) is 1. The van der Waals surface area contributed by atoms with Gasteiger partial charge in [0.05, 0.1) is 6.54 Å². The van der Waals surface area contributed by atoms with Gasteiger partial charge in [0.2, 0.25) is 17.8 Å². The second-order valence-corrected chi connectivity index (χ2v) is 7.56. The Morgan fingerprint density at radius 2 is 1.78 bits per heavy atom. The largest absolute Gasteiger partial charge is 0.369 e. The van der Waals surface area contributed by atoms with E-state index in [1.807, 2.05) is 6.92 Å². The molecular weight excluding hydrogens is 466 g/mol. The smallest absolute Gasteiger partial charge is 0.326 e.